The van der Waals surface area contributed by atoms with Crippen LogP contribution in [0.5, 0.6) is 0 Å². The molecular weight excluding hydrogens is 462 g/mol. The quantitative estimate of drug-likeness (QED) is 0.489. The van der Waals surface area contributed by atoms with E-state index in [2.05, 4.69) is 10.0 Å². The van der Waals surface area contributed by atoms with Crippen LogP contribution in [0, 0.1) is 5.82 Å². The van der Waals surface area contributed by atoms with Crippen LogP contribution in [0.4, 0.5) is 15.8 Å². The molecule has 5 nitrogen and oxygen atoms in total. The molecule has 0 bridgehead atoms. The first-order valence-corrected chi connectivity index (χ1v) is 10.6. The number of hydrogen-bond acceptors (Lipinski definition) is 3. The molecule has 10 heteroatoms. The second-order valence-corrected chi connectivity index (χ2v) is 8.77. The molecule has 0 heterocycles. The highest BCUT2D eigenvalue weighted by Gasteiger charge is 2.18. The molecule has 150 valence electrons. The summed E-state index contributed by atoms with van der Waals surface area (Å²) < 4.78 is 41.7. The fraction of sp³-hybridized carbons (Fsp3) is 0. The lowest BCUT2D eigenvalue weighted by atomic mass is 10.2. The Morgan fingerprint density at radius 3 is 2.17 bits per heavy atom. The number of halogens is 4. The third-order valence-electron chi connectivity index (χ3n) is 3.78. The lowest BCUT2D eigenvalue weighted by molar-refractivity contribution is 0.102. The van der Waals surface area contributed by atoms with E-state index >= 15 is 0 Å². The van der Waals surface area contributed by atoms with Crippen molar-refractivity contribution >= 4 is 62.1 Å². The molecule has 0 aromatic heterocycles. The lowest BCUT2D eigenvalue weighted by Crippen LogP contribution is -2.15. The van der Waals surface area contributed by atoms with Gasteiger partial charge in [-0.2, -0.15) is 0 Å². The molecule has 3 aromatic carbocycles. The van der Waals surface area contributed by atoms with E-state index in [1.807, 2.05) is 0 Å². The van der Waals surface area contributed by atoms with Crippen LogP contribution in [-0.2, 0) is 10.0 Å². The van der Waals surface area contributed by atoms with Gasteiger partial charge in [0, 0.05) is 10.6 Å². The van der Waals surface area contributed by atoms with Crippen molar-refractivity contribution in [3.05, 3.63) is 87.1 Å². The molecule has 0 aliphatic heterocycles. The number of amides is 1. The lowest BCUT2D eigenvalue weighted by Gasteiger charge is -2.11. The number of nitrogens with one attached hydrogen (secondary N) is 2. The Bertz CT molecular complexity index is 1190. The van der Waals surface area contributed by atoms with Crippen LogP contribution in [0.1, 0.15) is 10.4 Å². The Hall–Kier alpha value is -2.32. The Morgan fingerprint density at radius 2 is 1.55 bits per heavy atom. The van der Waals surface area contributed by atoms with Crippen LogP contribution in [0.3, 0.4) is 0 Å². The molecule has 0 radical (unpaired) electrons. The average molecular weight is 474 g/mol. The SMILES string of the molecule is O=C(Nc1ccc(S(=O)(=O)Nc2ccc(Cl)c(Cl)c2)cc1F)c1ccc(Cl)cc1. The molecule has 3 aromatic rings. The number of rotatable bonds is 5. The zero-order valence-electron chi connectivity index (χ0n) is 14.4. The van der Waals surface area contributed by atoms with Crippen molar-refractivity contribution in [2.75, 3.05) is 10.0 Å². The van der Waals surface area contributed by atoms with Gasteiger partial charge in [-0.1, -0.05) is 34.8 Å². The highest BCUT2D eigenvalue weighted by Crippen LogP contribution is 2.27. The zero-order valence-corrected chi connectivity index (χ0v) is 17.5. The van der Waals surface area contributed by atoms with E-state index in [9.17, 15) is 17.6 Å². The van der Waals surface area contributed by atoms with Crippen LogP contribution in [0.25, 0.3) is 0 Å². The van der Waals surface area contributed by atoms with Crippen molar-refractivity contribution in [3.8, 4) is 0 Å². The molecule has 0 spiro atoms. The minimum atomic E-state index is -4.09. The first kappa shape index (κ1) is 21.4. The molecule has 0 unspecified atom stereocenters. The maximum absolute atomic E-state index is 14.4. The summed E-state index contributed by atoms with van der Waals surface area (Å²) >= 11 is 17.4. The molecule has 0 aliphatic carbocycles. The summed E-state index contributed by atoms with van der Waals surface area (Å²) in [5.74, 6) is -1.48. The van der Waals surface area contributed by atoms with Gasteiger partial charge < -0.3 is 5.32 Å². The Balaban J connectivity index is 1.79. The zero-order chi connectivity index (χ0) is 21.2. The summed E-state index contributed by atoms with van der Waals surface area (Å²) in [6.07, 6.45) is 0. The van der Waals surface area contributed by atoms with Gasteiger partial charge >= 0.3 is 0 Å². The van der Waals surface area contributed by atoms with E-state index in [-0.39, 0.29) is 31.9 Å². The summed E-state index contributed by atoms with van der Waals surface area (Å²) in [4.78, 5) is 11.9. The van der Waals surface area contributed by atoms with Gasteiger partial charge in [0.05, 0.1) is 26.3 Å². The van der Waals surface area contributed by atoms with Crippen molar-refractivity contribution in [2.24, 2.45) is 0 Å². The second kappa shape index (κ2) is 8.59. The Morgan fingerprint density at radius 1 is 0.862 bits per heavy atom. The average Bonchev–Trinajstić information content (AvgIpc) is 2.66. The first-order valence-electron chi connectivity index (χ1n) is 8.00. The fourth-order valence-electron chi connectivity index (χ4n) is 2.33. The number of anilines is 2. The smallest absolute Gasteiger partial charge is 0.261 e. The van der Waals surface area contributed by atoms with Crippen molar-refractivity contribution in [1.29, 1.82) is 0 Å². The third kappa shape index (κ3) is 5.19. The van der Waals surface area contributed by atoms with E-state index in [0.717, 1.165) is 12.1 Å². The highest BCUT2D eigenvalue weighted by molar-refractivity contribution is 7.92. The van der Waals surface area contributed by atoms with Gasteiger partial charge in [0.15, 0.2) is 0 Å². The summed E-state index contributed by atoms with van der Waals surface area (Å²) in [6, 6.07) is 13.3. The number of carbonyl (C=O) groups excluding carboxylic acids is 1. The van der Waals surface area contributed by atoms with Gasteiger partial charge in [-0.15, -0.1) is 0 Å². The number of carbonyl (C=O) groups is 1. The van der Waals surface area contributed by atoms with Gasteiger partial charge in [0.1, 0.15) is 5.82 Å². The van der Waals surface area contributed by atoms with Crippen LogP contribution in [0.15, 0.2) is 65.6 Å². The molecule has 0 saturated heterocycles. The number of benzene rings is 3. The van der Waals surface area contributed by atoms with Gasteiger partial charge in [0.2, 0.25) is 0 Å². The molecule has 0 atom stereocenters. The molecule has 29 heavy (non-hydrogen) atoms. The first-order chi connectivity index (χ1) is 13.7. The highest BCUT2D eigenvalue weighted by atomic mass is 35.5. The predicted molar refractivity (Wildman–Crippen MR) is 113 cm³/mol. The van der Waals surface area contributed by atoms with Crippen molar-refractivity contribution in [3.63, 3.8) is 0 Å². The monoisotopic (exact) mass is 472 g/mol. The van der Waals surface area contributed by atoms with Crippen molar-refractivity contribution in [2.45, 2.75) is 4.90 Å². The van der Waals surface area contributed by atoms with E-state index in [1.165, 1.54) is 48.5 Å². The van der Waals surface area contributed by atoms with Crippen molar-refractivity contribution < 1.29 is 17.6 Å². The normalized spacial score (nSPS) is 11.2. The minimum Gasteiger partial charge on any atom is -0.319 e. The van der Waals surface area contributed by atoms with E-state index in [0.29, 0.717) is 5.02 Å². The summed E-state index contributed by atoms with van der Waals surface area (Å²) in [7, 11) is -4.09. The predicted octanol–water partition coefficient (Wildman–Crippen LogP) is 5.84. The van der Waals surface area contributed by atoms with Crippen LogP contribution in [-0.4, -0.2) is 14.3 Å². The minimum absolute atomic E-state index is 0.165. The van der Waals surface area contributed by atoms with Crippen LogP contribution in [0.2, 0.25) is 15.1 Å². The molecule has 1 amide bonds. The maximum atomic E-state index is 14.4. The molecular formula is C19H12Cl3FN2O3S. The van der Waals surface area contributed by atoms with Gasteiger partial charge in [0.25, 0.3) is 15.9 Å². The van der Waals surface area contributed by atoms with Crippen LogP contribution < -0.4 is 10.0 Å². The standard InChI is InChI=1S/C19H12Cl3FN2O3S/c20-12-3-1-11(2-4-12)19(26)24-18-8-6-14(10-17(18)23)29(27,28)25-13-5-7-15(21)16(22)9-13/h1-10,25H,(H,24,26). The summed E-state index contributed by atoms with van der Waals surface area (Å²) in [5, 5.41) is 3.27. The summed E-state index contributed by atoms with van der Waals surface area (Å²) in [6.45, 7) is 0. The Kier molecular flexibility index (Phi) is 6.33. The van der Waals surface area contributed by atoms with Crippen molar-refractivity contribution in [1.82, 2.24) is 0 Å². The molecule has 0 fully saturated rings. The maximum Gasteiger partial charge on any atom is 0.261 e. The fourth-order valence-corrected chi connectivity index (χ4v) is 3.82. The van der Waals surface area contributed by atoms with Gasteiger partial charge in [-0.3, -0.25) is 9.52 Å². The van der Waals surface area contributed by atoms with Gasteiger partial charge in [-0.25, -0.2) is 12.8 Å². The third-order valence-corrected chi connectivity index (χ3v) is 6.15. The van der Waals surface area contributed by atoms with E-state index in [1.54, 1.807) is 0 Å². The van der Waals surface area contributed by atoms with Gasteiger partial charge in [-0.05, 0) is 60.7 Å². The van der Waals surface area contributed by atoms with E-state index < -0.39 is 21.7 Å². The second-order valence-electron chi connectivity index (χ2n) is 5.84. The van der Waals surface area contributed by atoms with E-state index in [4.69, 9.17) is 34.8 Å². The van der Waals surface area contributed by atoms with Crippen LogP contribution >= 0.6 is 34.8 Å². The summed E-state index contributed by atoms with van der Waals surface area (Å²) in [5.41, 5.74) is 0.269. The topological polar surface area (TPSA) is 75.3 Å². The number of sulfonamides is 1. The largest absolute Gasteiger partial charge is 0.319 e. The Labute approximate surface area is 181 Å². The molecule has 0 aliphatic rings. The molecule has 3 rings (SSSR count). The number of hydrogen-bond donors (Lipinski definition) is 2. The molecule has 0 saturated carbocycles. The molecule has 2 N–H and O–H groups in total.